The highest BCUT2D eigenvalue weighted by Crippen LogP contribution is 2.46. The number of allylic oxidation sites excluding steroid dienone is 3. The van der Waals surface area contributed by atoms with Gasteiger partial charge in [-0.15, -0.1) is 0 Å². The molecule has 0 aromatic carbocycles. The van der Waals surface area contributed by atoms with Crippen LogP contribution in [-0.2, 0) is 9.59 Å². The molecule has 1 atom stereocenters. The number of carbonyl (C=O) groups excluding carboxylic acids is 2. The number of nitrogens with zero attached hydrogens (tertiary/aromatic N) is 2. The number of nitrogens with one attached hydrogen (secondary N) is 2. The van der Waals surface area contributed by atoms with Gasteiger partial charge < -0.3 is 10.6 Å². The number of hydrogen-bond donors (Lipinski definition) is 2. The van der Waals surface area contributed by atoms with Crippen LogP contribution in [0.1, 0.15) is 45.2 Å². The lowest BCUT2D eigenvalue weighted by Gasteiger charge is -2.39. The molecular formula is C23H24N4O2. The van der Waals surface area contributed by atoms with Crippen molar-refractivity contribution >= 4 is 17.4 Å². The van der Waals surface area contributed by atoms with Crippen LogP contribution >= 0.6 is 0 Å². The van der Waals surface area contributed by atoms with Gasteiger partial charge in [-0.25, -0.2) is 0 Å². The molecule has 0 saturated carbocycles. The van der Waals surface area contributed by atoms with Gasteiger partial charge in [0.2, 0.25) is 0 Å². The molecule has 148 valence electrons. The first kappa shape index (κ1) is 19.1. The van der Waals surface area contributed by atoms with Gasteiger partial charge in [-0.3, -0.25) is 19.6 Å². The van der Waals surface area contributed by atoms with Crippen LogP contribution in [0.2, 0.25) is 0 Å². The lowest BCUT2D eigenvalue weighted by atomic mass is 9.69. The second-order valence-electron chi connectivity index (χ2n) is 8.38. The number of dihydropyridines is 1. The average Bonchev–Trinajstić information content (AvgIpc) is 2.67. The van der Waals surface area contributed by atoms with Gasteiger partial charge in [0.1, 0.15) is 0 Å². The zero-order valence-corrected chi connectivity index (χ0v) is 16.8. The van der Waals surface area contributed by atoms with Gasteiger partial charge in [0.15, 0.2) is 5.78 Å². The summed E-state index contributed by atoms with van der Waals surface area (Å²) in [5.41, 5.74) is 4.00. The van der Waals surface area contributed by atoms with E-state index in [-0.39, 0.29) is 17.1 Å². The standard InChI is InChI=1S/C23H24N4O2/c1-14-19(22(29)27-15-7-6-9-24-13-15)21(16-8-4-5-10-25-16)20-17(26-14)11-23(2,3)12-18(20)28/h4-10,13,21,26H,11-12H2,1-3H3,(H,27,29)/t21-/m0/s1. The number of pyridine rings is 2. The van der Waals surface area contributed by atoms with Crippen molar-refractivity contribution in [3.05, 3.63) is 77.2 Å². The van der Waals surface area contributed by atoms with Crippen LogP contribution in [0, 0.1) is 5.41 Å². The quantitative estimate of drug-likeness (QED) is 0.837. The highest BCUT2D eigenvalue weighted by molar-refractivity contribution is 6.09. The fraction of sp³-hybridized carbons (Fsp3) is 0.304. The van der Waals surface area contributed by atoms with E-state index in [9.17, 15) is 9.59 Å². The number of aromatic nitrogens is 2. The zero-order valence-electron chi connectivity index (χ0n) is 16.8. The van der Waals surface area contributed by atoms with Crippen molar-refractivity contribution in [2.75, 3.05) is 5.32 Å². The Bertz CT molecular complexity index is 1020. The van der Waals surface area contributed by atoms with E-state index in [4.69, 9.17) is 0 Å². The first-order chi connectivity index (χ1) is 13.9. The number of rotatable bonds is 3. The minimum absolute atomic E-state index is 0.0681. The molecule has 29 heavy (non-hydrogen) atoms. The average molecular weight is 388 g/mol. The first-order valence-corrected chi connectivity index (χ1v) is 9.72. The molecule has 4 rings (SSSR count). The second-order valence-corrected chi connectivity index (χ2v) is 8.38. The molecule has 0 bridgehead atoms. The monoisotopic (exact) mass is 388 g/mol. The second kappa shape index (κ2) is 7.28. The van der Waals surface area contributed by atoms with Crippen LogP contribution in [0.15, 0.2) is 71.5 Å². The van der Waals surface area contributed by atoms with Gasteiger partial charge in [-0.05, 0) is 43.0 Å². The summed E-state index contributed by atoms with van der Waals surface area (Å²) in [7, 11) is 0. The van der Waals surface area contributed by atoms with Gasteiger partial charge in [-0.2, -0.15) is 0 Å². The Morgan fingerprint density at radius 1 is 1.17 bits per heavy atom. The largest absolute Gasteiger partial charge is 0.362 e. The predicted molar refractivity (Wildman–Crippen MR) is 111 cm³/mol. The maximum atomic E-state index is 13.3. The summed E-state index contributed by atoms with van der Waals surface area (Å²) in [6.45, 7) is 6.07. The third kappa shape index (κ3) is 3.70. The van der Waals surface area contributed by atoms with Gasteiger partial charge >= 0.3 is 0 Å². The Kier molecular flexibility index (Phi) is 4.78. The zero-order chi connectivity index (χ0) is 20.6. The Morgan fingerprint density at radius 3 is 2.69 bits per heavy atom. The summed E-state index contributed by atoms with van der Waals surface area (Å²) in [6.07, 6.45) is 6.15. The van der Waals surface area contributed by atoms with Crippen LogP contribution < -0.4 is 10.6 Å². The Balaban J connectivity index is 1.80. The van der Waals surface area contributed by atoms with Crippen molar-refractivity contribution in [3.8, 4) is 0 Å². The van der Waals surface area contributed by atoms with Crippen LogP contribution in [0.25, 0.3) is 0 Å². The molecule has 3 heterocycles. The summed E-state index contributed by atoms with van der Waals surface area (Å²) in [6, 6.07) is 9.13. The highest BCUT2D eigenvalue weighted by atomic mass is 16.2. The summed E-state index contributed by atoms with van der Waals surface area (Å²) >= 11 is 0. The van der Waals surface area contributed by atoms with Crippen molar-refractivity contribution < 1.29 is 9.59 Å². The fourth-order valence-electron chi connectivity index (χ4n) is 4.21. The maximum absolute atomic E-state index is 13.3. The highest BCUT2D eigenvalue weighted by Gasteiger charge is 2.43. The SMILES string of the molecule is CC1=C(C(=O)Nc2cccnc2)[C@H](c2ccccn2)C2=C(CC(C)(C)CC2=O)N1. The Hall–Kier alpha value is -3.28. The molecular weight excluding hydrogens is 364 g/mol. The van der Waals surface area contributed by atoms with E-state index in [1.807, 2.05) is 25.1 Å². The lowest BCUT2D eigenvalue weighted by molar-refractivity contribution is -0.118. The van der Waals surface area contributed by atoms with Gasteiger partial charge in [0.25, 0.3) is 5.91 Å². The molecule has 0 unspecified atom stereocenters. The number of ketones is 1. The summed E-state index contributed by atoms with van der Waals surface area (Å²) < 4.78 is 0. The van der Waals surface area contributed by atoms with Crippen LogP contribution in [0.3, 0.4) is 0 Å². The molecule has 1 aliphatic carbocycles. The molecule has 0 fully saturated rings. The summed E-state index contributed by atoms with van der Waals surface area (Å²) in [4.78, 5) is 35.0. The minimum atomic E-state index is -0.493. The number of Topliss-reactive ketones (excluding diaryl/α,β-unsaturated/α-hetero) is 1. The smallest absolute Gasteiger partial charge is 0.254 e. The van der Waals surface area contributed by atoms with Crippen LogP contribution in [-0.4, -0.2) is 21.7 Å². The molecule has 0 saturated heterocycles. The topological polar surface area (TPSA) is 84.0 Å². The third-order valence-corrected chi connectivity index (χ3v) is 5.39. The molecule has 6 heteroatoms. The predicted octanol–water partition coefficient (Wildman–Crippen LogP) is 3.72. The molecule has 2 N–H and O–H groups in total. The van der Waals surface area contributed by atoms with E-state index in [0.29, 0.717) is 28.9 Å². The van der Waals surface area contributed by atoms with Gasteiger partial charge in [-0.1, -0.05) is 19.9 Å². The minimum Gasteiger partial charge on any atom is -0.362 e. The molecule has 0 radical (unpaired) electrons. The van der Waals surface area contributed by atoms with Gasteiger partial charge in [0, 0.05) is 41.4 Å². The Morgan fingerprint density at radius 2 is 2.00 bits per heavy atom. The fourth-order valence-corrected chi connectivity index (χ4v) is 4.21. The van der Waals surface area contributed by atoms with E-state index in [1.54, 1.807) is 30.7 Å². The number of carbonyl (C=O) groups is 2. The Labute approximate surface area is 170 Å². The van der Waals surface area contributed by atoms with Crippen molar-refractivity contribution in [2.24, 2.45) is 5.41 Å². The molecule has 1 amide bonds. The molecule has 1 aliphatic heterocycles. The third-order valence-electron chi connectivity index (χ3n) is 5.39. The van der Waals surface area contributed by atoms with Crippen LogP contribution in [0.5, 0.6) is 0 Å². The normalized spacial score (nSPS) is 20.8. The molecule has 6 nitrogen and oxygen atoms in total. The van der Waals surface area contributed by atoms with E-state index in [2.05, 4.69) is 34.4 Å². The van der Waals surface area contributed by atoms with E-state index < -0.39 is 5.92 Å². The van der Waals surface area contributed by atoms with Gasteiger partial charge in [0.05, 0.1) is 23.5 Å². The van der Waals surface area contributed by atoms with E-state index in [0.717, 1.165) is 17.8 Å². The first-order valence-electron chi connectivity index (χ1n) is 9.72. The number of amides is 1. The maximum Gasteiger partial charge on any atom is 0.254 e. The molecule has 2 aromatic rings. The number of hydrogen-bond acceptors (Lipinski definition) is 5. The molecule has 0 spiro atoms. The molecule has 2 aliphatic rings. The van der Waals surface area contributed by atoms with Crippen molar-refractivity contribution in [1.82, 2.24) is 15.3 Å². The lowest BCUT2D eigenvalue weighted by Crippen LogP contribution is -2.39. The van der Waals surface area contributed by atoms with E-state index in [1.165, 1.54) is 0 Å². The number of anilines is 1. The van der Waals surface area contributed by atoms with E-state index >= 15 is 0 Å². The summed E-state index contributed by atoms with van der Waals surface area (Å²) in [5.74, 6) is -0.686. The van der Waals surface area contributed by atoms with Crippen molar-refractivity contribution in [3.63, 3.8) is 0 Å². The summed E-state index contributed by atoms with van der Waals surface area (Å²) in [5, 5.41) is 6.26. The van der Waals surface area contributed by atoms with Crippen molar-refractivity contribution in [2.45, 2.75) is 39.5 Å². The van der Waals surface area contributed by atoms with Crippen molar-refractivity contribution in [1.29, 1.82) is 0 Å². The van der Waals surface area contributed by atoms with Crippen LogP contribution in [0.4, 0.5) is 5.69 Å². The molecule has 2 aromatic heterocycles.